The van der Waals surface area contributed by atoms with Crippen molar-refractivity contribution in [2.75, 3.05) is 12.9 Å². The number of ether oxygens (including phenoxy) is 1. The van der Waals surface area contributed by atoms with Crippen LogP contribution in [0.1, 0.15) is 38.7 Å². The molecule has 7 heteroatoms. The standard InChI is InChI=1S/C17H24N2O4S/c1-16(2)13-6-7-17(16,14(20)8-13)11-24(21,22)19-10-12-4-5-15(23-3)18-9-12/h4-5,9,13,19H,6-8,10-11H2,1-3H3/t13-,17-/m0/s1. The van der Waals surface area contributed by atoms with Crippen LogP contribution in [0.25, 0.3) is 0 Å². The summed E-state index contributed by atoms with van der Waals surface area (Å²) in [6.45, 7) is 4.24. The van der Waals surface area contributed by atoms with Crippen LogP contribution in [-0.2, 0) is 21.4 Å². The number of aromatic nitrogens is 1. The summed E-state index contributed by atoms with van der Waals surface area (Å²) >= 11 is 0. The van der Waals surface area contributed by atoms with Crippen molar-refractivity contribution in [2.45, 2.75) is 39.7 Å². The number of ketones is 1. The topological polar surface area (TPSA) is 85.4 Å². The summed E-state index contributed by atoms with van der Waals surface area (Å²) in [5, 5.41) is 0. The maximum atomic E-state index is 12.6. The summed E-state index contributed by atoms with van der Waals surface area (Å²) in [6, 6.07) is 3.45. The average molecular weight is 352 g/mol. The molecule has 1 aromatic rings. The van der Waals surface area contributed by atoms with Crippen molar-refractivity contribution in [3.63, 3.8) is 0 Å². The van der Waals surface area contributed by atoms with E-state index in [4.69, 9.17) is 4.74 Å². The highest BCUT2D eigenvalue weighted by Crippen LogP contribution is 2.64. The van der Waals surface area contributed by atoms with Crippen LogP contribution in [0.2, 0.25) is 0 Å². The summed E-state index contributed by atoms with van der Waals surface area (Å²) in [6.07, 6.45) is 3.71. The van der Waals surface area contributed by atoms with E-state index in [1.165, 1.54) is 7.11 Å². The number of fused-ring (bicyclic) bond motifs is 2. The van der Waals surface area contributed by atoms with E-state index in [0.717, 1.165) is 12.0 Å². The van der Waals surface area contributed by atoms with Crippen molar-refractivity contribution >= 4 is 15.8 Å². The molecule has 2 fully saturated rings. The Balaban J connectivity index is 1.71. The fraction of sp³-hybridized carbons (Fsp3) is 0.647. The molecule has 6 nitrogen and oxygen atoms in total. The van der Waals surface area contributed by atoms with Gasteiger partial charge in [-0.05, 0) is 29.7 Å². The number of nitrogens with zero attached hydrogens (tertiary/aromatic N) is 1. The summed E-state index contributed by atoms with van der Waals surface area (Å²) < 4.78 is 32.8. The molecule has 2 atom stereocenters. The molecule has 1 N–H and O–H groups in total. The minimum atomic E-state index is -3.56. The first-order chi connectivity index (χ1) is 11.2. The lowest BCUT2D eigenvalue weighted by molar-refractivity contribution is -0.128. The van der Waals surface area contributed by atoms with Crippen molar-refractivity contribution < 1.29 is 17.9 Å². The fourth-order valence-electron chi connectivity index (χ4n) is 4.31. The number of rotatable bonds is 6. The molecule has 2 aliphatic rings. The molecule has 0 radical (unpaired) electrons. The predicted molar refractivity (Wildman–Crippen MR) is 90.0 cm³/mol. The largest absolute Gasteiger partial charge is 0.481 e. The molecule has 0 saturated heterocycles. The second-order valence-corrected chi connectivity index (χ2v) is 9.26. The number of methoxy groups -OCH3 is 1. The van der Waals surface area contributed by atoms with Crippen LogP contribution in [0.4, 0.5) is 0 Å². The van der Waals surface area contributed by atoms with Gasteiger partial charge in [0, 0.05) is 30.6 Å². The van der Waals surface area contributed by atoms with Crippen molar-refractivity contribution in [3.05, 3.63) is 23.9 Å². The Morgan fingerprint density at radius 1 is 1.38 bits per heavy atom. The third kappa shape index (κ3) is 2.73. The average Bonchev–Trinajstić information content (AvgIpc) is 2.87. The van der Waals surface area contributed by atoms with Crippen LogP contribution >= 0.6 is 0 Å². The van der Waals surface area contributed by atoms with Gasteiger partial charge < -0.3 is 4.74 Å². The molecule has 0 amide bonds. The Kier molecular flexibility index (Phi) is 4.20. The van der Waals surface area contributed by atoms with Crippen molar-refractivity contribution in [2.24, 2.45) is 16.7 Å². The molecule has 2 aliphatic carbocycles. The van der Waals surface area contributed by atoms with E-state index in [1.54, 1.807) is 18.3 Å². The lowest BCUT2D eigenvalue weighted by Gasteiger charge is -2.36. The number of carbonyl (C=O) groups excluding carboxylic acids is 1. The maximum Gasteiger partial charge on any atom is 0.212 e. The highest BCUT2D eigenvalue weighted by Gasteiger charge is 2.65. The Morgan fingerprint density at radius 2 is 2.12 bits per heavy atom. The van der Waals surface area contributed by atoms with E-state index >= 15 is 0 Å². The Hall–Kier alpha value is -1.47. The highest BCUT2D eigenvalue weighted by atomic mass is 32.2. The van der Waals surface area contributed by atoms with Crippen molar-refractivity contribution in [3.8, 4) is 5.88 Å². The number of hydrogen-bond donors (Lipinski definition) is 1. The molecule has 0 unspecified atom stereocenters. The molecule has 1 aromatic heterocycles. The Labute approximate surface area is 143 Å². The van der Waals surface area contributed by atoms with Gasteiger partial charge in [-0.2, -0.15) is 0 Å². The van der Waals surface area contributed by atoms with Crippen LogP contribution in [0.15, 0.2) is 18.3 Å². The monoisotopic (exact) mass is 352 g/mol. The molecule has 0 aromatic carbocycles. The van der Waals surface area contributed by atoms with E-state index in [9.17, 15) is 13.2 Å². The third-order valence-corrected chi connectivity index (χ3v) is 7.54. The molecular formula is C17H24N2O4S. The zero-order valence-electron chi connectivity index (χ0n) is 14.3. The second-order valence-electron chi connectivity index (χ2n) is 7.46. The summed E-state index contributed by atoms with van der Waals surface area (Å²) in [5.74, 6) is 0.786. The van der Waals surface area contributed by atoms with Gasteiger partial charge in [0.05, 0.1) is 12.9 Å². The SMILES string of the molecule is COc1ccc(CNS(=O)(=O)C[C@@]23CC[C@@H](CC2=O)C3(C)C)cn1. The number of carbonyl (C=O) groups is 1. The van der Waals surface area contributed by atoms with Gasteiger partial charge in [0.1, 0.15) is 5.78 Å². The quantitative estimate of drug-likeness (QED) is 0.845. The molecule has 3 rings (SSSR count). The minimum absolute atomic E-state index is 0.111. The number of hydrogen-bond acceptors (Lipinski definition) is 5. The van der Waals surface area contributed by atoms with Gasteiger partial charge in [-0.3, -0.25) is 4.79 Å². The molecular weight excluding hydrogens is 328 g/mol. The number of sulfonamides is 1. The Morgan fingerprint density at radius 3 is 2.62 bits per heavy atom. The molecule has 132 valence electrons. The van der Waals surface area contributed by atoms with Gasteiger partial charge in [0.2, 0.25) is 15.9 Å². The van der Waals surface area contributed by atoms with Crippen LogP contribution < -0.4 is 9.46 Å². The molecule has 1 heterocycles. The van der Waals surface area contributed by atoms with E-state index < -0.39 is 15.4 Å². The van der Waals surface area contributed by atoms with Crippen LogP contribution in [0.5, 0.6) is 5.88 Å². The van der Waals surface area contributed by atoms with E-state index in [1.807, 2.05) is 13.8 Å². The maximum absolute atomic E-state index is 12.6. The number of Topliss-reactive ketones (excluding diaryl/α,β-unsaturated/α-hetero) is 1. The first-order valence-corrected chi connectivity index (χ1v) is 9.85. The Bertz CT molecular complexity index is 742. The lowest BCUT2D eigenvalue weighted by Crippen LogP contribution is -2.45. The number of pyridine rings is 1. The number of nitrogens with one attached hydrogen (secondary N) is 1. The highest BCUT2D eigenvalue weighted by molar-refractivity contribution is 7.89. The molecule has 24 heavy (non-hydrogen) atoms. The van der Waals surface area contributed by atoms with Crippen LogP contribution in [-0.4, -0.2) is 32.0 Å². The predicted octanol–water partition coefficient (Wildman–Crippen LogP) is 1.90. The molecule has 2 bridgehead atoms. The van der Waals surface area contributed by atoms with Gasteiger partial charge in [0.15, 0.2) is 0 Å². The molecule has 0 aliphatic heterocycles. The zero-order chi connectivity index (χ0) is 17.6. The minimum Gasteiger partial charge on any atom is -0.481 e. The van der Waals surface area contributed by atoms with E-state index in [2.05, 4.69) is 9.71 Å². The normalized spacial score (nSPS) is 28.3. The van der Waals surface area contributed by atoms with Crippen LogP contribution in [0.3, 0.4) is 0 Å². The van der Waals surface area contributed by atoms with Gasteiger partial charge in [-0.15, -0.1) is 0 Å². The second kappa shape index (κ2) is 5.81. The van der Waals surface area contributed by atoms with Gasteiger partial charge in [-0.25, -0.2) is 18.1 Å². The van der Waals surface area contributed by atoms with Gasteiger partial charge >= 0.3 is 0 Å². The van der Waals surface area contributed by atoms with Gasteiger partial charge in [-0.1, -0.05) is 19.9 Å². The summed E-state index contributed by atoms with van der Waals surface area (Å²) in [4.78, 5) is 16.5. The first kappa shape index (κ1) is 17.4. The summed E-state index contributed by atoms with van der Waals surface area (Å²) in [5.41, 5.74) is -0.236. The summed E-state index contributed by atoms with van der Waals surface area (Å²) in [7, 11) is -2.03. The molecule has 2 saturated carbocycles. The van der Waals surface area contributed by atoms with Crippen molar-refractivity contribution in [1.29, 1.82) is 0 Å². The lowest BCUT2D eigenvalue weighted by atomic mass is 9.70. The van der Waals surface area contributed by atoms with Gasteiger partial charge in [0.25, 0.3) is 0 Å². The van der Waals surface area contributed by atoms with E-state index in [0.29, 0.717) is 24.6 Å². The van der Waals surface area contributed by atoms with Crippen molar-refractivity contribution in [1.82, 2.24) is 9.71 Å². The molecule has 0 spiro atoms. The zero-order valence-corrected chi connectivity index (χ0v) is 15.1. The first-order valence-electron chi connectivity index (χ1n) is 8.20. The van der Waals surface area contributed by atoms with E-state index in [-0.39, 0.29) is 23.5 Å². The third-order valence-electron chi connectivity index (χ3n) is 6.08. The smallest absolute Gasteiger partial charge is 0.212 e. The fourth-order valence-corrected chi connectivity index (χ4v) is 6.13. The van der Waals surface area contributed by atoms with Crippen LogP contribution in [0, 0.1) is 16.7 Å².